The monoisotopic (exact) mass is 542 g/mol. The molecule has 1 fully saturated rings. The van der Waals surface area contributed by atoms with Crippen LogP contribution in [0.25, 0.3) is 0 Å². The number of nitrogens with one attached hydrogen (secondary N) is 1. The Balaban J connectivity index is 1.56. The normalized spacial score (nSPS) is 21.9. The number of ether oxygens (including phenoxy) is 3. The van der Waals surface area contributed by atoms with Gasteiger partial charge in [0, 0.05) is 24.7 Å². The fraction of sp³-hybridized carbons (Fsp3) is 0.560. The molecule has 1 aromatic carbocycles. The number of hydrogen-bond acceptors (Lipinski definition) is 7. The Morgan fingerprint density at radius 2 is 1.97 bits per heavy atom. The minimum absolute atomic E-state index is 0.0181. The van der Waals surface area contributed by atoms with Crippen LogP contribution in [0.3, 0.4) is 0 Å². The van der Waals surface area contributed by atoms with Gasteiger partial charge in [-0.3, -0.25) is 9.47 Å². The second-order valence-corrected chi connectivity index (χ2v) is 10.2. The summed E-state index contributed by atoms with van der Waals surface area (Å²) >= 11 is 0. The molecule has 38 heavy (non-hydrogen) atoms. The van der Waals surface area contributed by atoms with Crippen LogP contribution in [-0.2, 0) is 27.3 Å². The molecule has 0 bridgehead atoms. The van der Waals surface area contributed by atoms with Crippen LogP contribution in [0.5, 0.6) is 0 Å². The van der Waals surface area contributed by atoms with Crippen LogP contribution in [0, 0.1) is 11.6 Å². The summed E-state index contributed by atoms with van der Waals surface area (Å²) < 4.78 is 73.1. The summed E-state index contributed by atoms with van der Waals surface area (Å²) in [6.45, 7) is 3.88. The highest BCUT2D eigenvalue weighted by molar-refractivity contribution is 5.86. The van der Waals surface area contributed by atoms with Gasteiger partial charge in [0.05, 0.1) is 30.6 Å². The molecule has 3 heterocycles. The van der Waals surface area contributed by atoms with Crippen LogP contribution in [-0.4, -0.2) is 57.4 Å². The first-order valence-electron chi connectivity index (χ1n) is 12.2. The zero-order valence-electron chi connectivity index (χ0n) is 21.5. The average Bonchev–Trinajstić information content (AvgIpc) is 3.38. The van der Waals surface area contributed by atoms with Crippen molar-refractivity contribution >= 4 is 12.1 Å². The van der Waals surface area contributed by atoms with Gasteiger partial charge in [0.25, 0.3) is 0 Å². The number of fused-ring (bicyclic) bond motifs is 1. The van der Waals surface area contributed by atoms with Gasteiger partial charge < -0.3 is 19.5 Å². The van der Waals surface area contributed by atoms with Crippen LogP contribution >= 0.6 is 0 Å². The van der Waals surface area contributed by atoms with E-state index in [1.807, 2.05) is 4.90 Å². The van der Waals surface area contributed by atoms with Crippen molar-refractivity contribution in [3.05, 3.63) is 52.6 Å². The van der Waals surface area contributed by atoms with E-state index in [9.17, 15) is 27.2 Å². The summed E-state index contributed by atoms with van der Waals surface area (Å²) in [6.07, 6.45) is -1.55. The number of amides is 1. The van der Waals surface area contributed by atoms with E-state index < -0.39 is 59.9 Å². The number of alkyl halides is 2. The van der Waals surface area contributed by atoms with Gasteiger partial charge in [-0.2, -0.15) is 8.78 Å². The zero-order valence-corrected chi connectivity index (χ0v) is 21.5. The number of benzene rings is 1. The van der Waals surface area contributed by atoms with Gasteiger partial charge in [-0.15, -0.1) is 0 Å². The maximum atomic E-state index is 14.6. The lowest BCUT2D eigenvalue weighted by Crippen LogP contribution is -2.52. The quantitative estimate of drug-likeness (QED) is 0.425. The van der Waals surface area contributed by atoms with E-state index in [1.165, 1.54) is 0 Å². The van der Waals surface area contributed by atoms with Crippen molar-refractivity contribution in [2.75, 3.05) is 13.2 Å². The number of esters is 1. The molecule has 2 aliphatic rings. The molecule has 13 heteroatoms. The number of alkyl carbamates (subject to hydrolysis) is 1. The van der Waals surface area contributed by atoms with Crippen molar-refractivity contribution in [2.24, 2.45) is 0 Å². The van der Waals surface area contributed by atoms with Gasteiger partial charge in [-0.1, -0.05) is 0 Å². The largest absolute Gasteiger partial charge is 0.460 e. The Morgan fingerprint density at radius 1 is 1.24 bits per heavy atom. The van der Waals surface area contributed by atoms with Crippen LogP contribution in [0.15, 0.2) is 18.2 Å². The second kappa shape index (κ2) is 10.9. The molecule has 1 amide bonds. The molecule has 0 saturated carbocycles. The van der Waals surface area contributed by atoms with Crippen molar-refractivity contribution in [3.8, 4) is 0 Å². The Hall–Kier alpha value is -3.19. The Bertz CT molecular complexity index is 1200. The summed E-state index contributed by atoms with van der Waals surface area (Å²) in [5.41, 5.74) is -0.369. The number of carbonyl (C=O) groups is 2. The molecule has 2 aromatic rings. The third-order valence-electron chi connectivity index (χ3n) is 6.29. The number of rotatable bonds is 6. The van der Waals surface area contributed by atoms with Crippen molar-refractivity contribution in [1.29, 1.82) is 0 Å². The summed E-state index contributed by atoms with van der Waals surface area (Å²) in [7, 11) is 0. The van der Waals surface area contributed by atoms with Gasteiger partial charge >= 0.3 is 18.6 Å². The SMILES string of the molecule is CCOC(=O)c1nc2c(n1C(F)F)CN([C@H]1CO[C@H](c3cc(F)ccc3F)[C@@H](NC(=O)OC(C)(C)C)C1)C2. The van der Waals surface area contributed by atoms with E-state index in [1.54, 1.807) is 27.7 Å². The first kappa shape index (κ1) is 27.8. The number of carbonyl (C=O) groups excluding carboxylic acids is 2. The number of nitrogens with zero attached hydrogens (tertiary/aromatic N) is 3. The summed E-state index contributed by atoms with van der Waals surface area (Å²) in [5, 5.41) is 2.70. The molecule has 0 spiro atoms. The van der Waals surface area contributed by atoms with Crippen molar-refractivity contribution in [1.82, 2.24) is 19.8 Å². The van der Waals surface area contributed by atoms with E-state index in [-0.39, 0.29) is 44.0 Å². The summed E-state index contributed by atoms with van der Waals surface area (Å²) in [5.74, 6) is -2.75. The third-order valence-corrected chi connectivity index (χ3v) is 6.29. The fourth-order valence-corrected chi connectivity index (χ4v) is 4.76. The first-order valence-corrected chi connectivity index (χ1v) is 12.2. The standard InChI is InChI=1S/C25H30F4N4O5/c1-5-36-22(34)21-30-18-10-32(11-19(18)33(21)23(28)29)14-9-17(31-24(35)38-25(2,3)4)20(37-12-14)15-8-13(26)6-7-16(15)27/h6-8,14,17,20,23H,5,9-12H2,1-4H3,(H,31,35)/t14-,17+,20-/m1/s1. The molecule has 1 aromatic heterocycles. The summed E-state index contributed by atoms with van der Waals surface area (Å²) in [4.78, 5) is 30.7. The van der Waals surface area contributed by atoms with Crippen molar-refractivity contribution in [3.63, 3.8) is 0 Å². The molecule has 3 atom stereocenters. The number of imidazole rings is 1. The Morgan fingerprint density at radius 3 is 2.63 bits per heavy atom. The smallest absolute Gasteiger partial charge is 0.407 e. The second-order valence-electron chi connectivity index (χ2n) is 10.2. The van der Waals surface area contributed by atoms with E-state index in [0.29, 0.717) is 10.3 Å². The molecule has 208 valence electrons. The molecule has 9 nitrogen and oxygen atoms in total. The lowest BCUT2D eigenvalue weighted by Gasteiger charge is -2.40. The molecular weight excluding hydrogens is 512 g/mol. The lowest BCUT2D eigenvalue weighted by molar-refractivity contribution is -0.0634. The minimum atomic E-state index is -3.00. The molecule has 0 unspecified atom stereocenters. The van der Waals surface area contributed by atoms with Gasteiger partial charge in [-0.05, 0) is 52.3 Å². The van der Waals surface area contributed by atoms with Crippen LogP contribution in [0.1, 0.15) is 74.3 Å². The first-order chi connectivity index (χ1) is 17.9. The van der Waals surface area contributed by atoms with Crippen molar-refractivity contribution < 1.29 is 41.4 Å². The summed E-state index contributed by atoms with van der Waals surface area (Å²) in [6, 6.07) is 1.77. The zero-order chi connectivity index (χ0) is 27.8. The predicted molar refractivity (Wildman–Crippen MR) is 125 cm³/mol. The molecular formula is C25H30F4N4O5. The average molecular weight is 543 g/mol. The topological polar surface area (TPSA) is 94.9 Å². The Labute approximate surface area is 217 Å². The predicted octanol–water partition coefficient (Wildman–Crippen LogP) is 4.47. The van der Waals surface area contributed by atoms with Gasteiger partial charge in [0.15, 0.2) is 0 Å². The third kappa shape index (κ3) is 5.93. The van der Waals surface area contributed by atoms with Crippen molar-refractivity contribution in [2.45, 2.75) is 77.5 Å². The van der Waals surface area contributed by atoms with Crippen LogP contribution in [0.4, 0.5) is 22.4 Å². The molecule has 2 aliphatic heterocycles. The van der Waals surface area contributed by atoms with E-state index in [0.717, 1.165) is 18.2 Å². The van der Waals surface area contributed by atoms with Crippen LogP contribution in [0.2, 0.25) is 0 Å². The maximum Gasteiger partial charge on any atom is 0.407 e. The molecule has 1 saturated heterocycles. The number of hydrogen-bond donors (Lipinski definition) is 1. The van der Waals surface area contributed by atoms with Crippen LogP contribution < -0.4 is 5.32 Å². The van der Waals surface area contributed by atoms with E-state index in [4.69, 9.17) is 14.2 Å². The minimum Gasteiger partial charge on any atom is -0.460 e. The lowest BCUT2D eigenvalue weighted by atomic mass is 9.92. The number of halogens is 4. The number of aromatic nitrogens is 2. The van der Waals surface area contributed by atoms with Gasteiger partial charge in [-0.25, -0.2) is 23.4 Å². The molecule has 0 radical (unpaired) electrons. The van der Waals surface area contributed by atoms with E-state index in [2.05, 4.69) is 10.3 Å². The molecule has 4 rings (SSSR count). The highest BCUT2D eigenvalue weighted by Gasteiger charge is 2.41. The molecule has 1 N–H and O–H groups in total. The highest BCUT2D eigenvalue weighted by atomic mass is 19.3. The fourth-order valence-electron chi connectivity index (χ4n) is 4.76. The van der Waals surface area contributed by atoms with E-state index >= 15 is 0 Å². The maximum absolute atomic E-state index is 14.6. The molecule has 0 aliphatic carbocycles. The Kier molecular flexibility index (Phi) is 7.98. The highest BCUT2D eigenvalue weighted by Crippen LogP contribution is 2.36. The van der Waals surface area contributed by atoms with Gasteiger partial charge in [0.1, 0.15) is 23.3 Å². The van der Waals surface area contributed by atoms with Gasteiger partial charge in [0.2, 0.25) is 5.82 Å².